The Balaban J connectivity index is 4.90. The van der Waals surface area contributed by atoms with Gasteiger partial charge in [0.05, 0.1) is 13.7 Å². The van der Waals surface area contributed by atoms with Gasteiger partial charge in [0.25, 0.3) is 5.91 Å². The Morgan fingerprint density at radius 1 is 1.09 bits per heavy atom. The van der Waals surface area contributed by atoms with E-state index in [-0.39, 0.29) is 11.6 Å². The summed E-state index contributed by atoms with van der Waals surface area (Å²) in [7, 11) is -0.717. The SMILES string of the molecule is CONC(=O)[C@@H](CO[Si](C)(C)C(C)(C)C)NC(=O)OC(C)(C)C. The molecule has 8 heteroatoms. The van der Waals surface area contributed by atoms with Crippen LogP contribution in [-0.4, -0.2) is 45.7 Å². The number of carbonyl (C=O) groups excluding carboxylic acids is 2. The molecule has 0 saturated carbocycles. The largest absolute Gasteiger partial charge is 0.444 e. The molecule has 1 atom stereocenters. The van der Waals surface area contributed by atoms with Crippen molar-refractivity contribution in [2.45, 2.75) is 71.3 Å². The zero-order valence-corrected chi connectivity index (χ0v) is 16.8. The molecule has 0 aliphatic rings. The minimum atomic E-state index is -2.05. The van der Waals surface area contributed by atoms with Crippen LogP contribution >= 0.6 is 0 Å². The molecule has 0 fully saturated rings. The molecular weight excluding hydrogens is 316 g/mol. The lowest BCUT2D eigenvalue weighted by Crippen LogP contribution is -2.53. The second-order valence-corrected chi connectivity index (χ2v) is 12.7. The van der Waals surface area contributed by atoms with Crippen LogP contribution in [-0.2, 0) is 18.8 Å². The lowest BCUT2D eigenvalue weighted by Gasteiger charge is -2.37. The van der Waals surface area contributed by atoms with Gasteiger partial charge < -0.3 is 14.5 Å². The molecule has 0 aliphatic heterocycles. The first kappa shape index (κ1) is 21.9. The van der Waals surface area contributed by atoms with Gasteiger partial charge in [0.2, 0.25) is 0 Å². The van der Waals surface area contributed by atoms with Crippen LogP contribution in [0.4, 0.5) is 4.79 Å². The molecule has 0 unspecified atom stereocenters. The van der Waals surface area contributed by atoms with E-state index < -0.39 is 32.0 Å². The molecule has 0 radical (unpaired) electrons. The average Bonchev–Trinajstić information content (AvgIpc) is 2.30. The van der Waals surface area contributed by atoms with Crippen LogP contribution in [0, 0.1) is 0 Å². The number of ether oxygens (including phenoxy) is 1. The van der Waals surface area contributed by atoms with Crippen molar-refractivity contribution in [3.05, 3.63) is 0 Å². The van der Waals surface area contributed by atoms with E-state index in [4.69, 9.17) is 9.16 Å². The maximum atomic E-state index is 12.0. The molecule has 0 saturated heterocycles. The monoisotopic (exact) mass is 348 g/mol. The van der Waals surface area contributed by atoms with Crippen molar-refractivity contribution in [2.24, 2.45) is 0 Å². The molecule has 0 heterocycles. The van der Waals surface area contributed by atoms with E-state index in [1.165, 1.54) is 7.11 Å². The van der Waals surface area contributed by atoms with E-state index in [0.717, 1.165) is 0 Å². The highest BCUT2D eigenvalue weighted by Crippen LogP contribution is 2.36. The molecule has 0 aliphatic carbocycles. The van der Waals surface area contributed by atoms with Gasteiger partial charge in [0.1, 0.15) is 11.6 Å². The highest BCUT2D eigenvalue weighted by atomic mass is 28.4. The molecule has 0 aromatic heterocycles. The summed E-state index contributed by atoms with van der Waals surface area (Å²) >= 11 is 0. The molecule has 2 N–H and O–H groups in total. The van der Waals surface area contributed by atoms with Crippen LogP contribution in [0.15, 0.2) is 0 Å². The van der Waals surface area contributed by atoms with Crippen LogP contribution in [0.2, 0.25) is 18.1 Å². The summed E-state index contributed by atoms with van der Waals surface area (Å²) in [6, 6.07) is -0.890. The summed E-state index contributed by atoms with van der Waals surface area (Å²) < 4.78 is 11.2. The number of amides is 2. The molecule has 0 bridgehead atoms. The molecule has 136 valence electrons. The average molecular weight is 349 g/mol. The quantitative estimate of drug-likeness (QED) is 0.569. The third kappa shape index (κ3) is 8.33. The van der Waals surface area contributed by atoms with E-state index in [0.29, 0.717) is 0 Å². The van der Waals surface area contributed by atoms with Gasteiger partial charge in [-0.2, -0.15) is 0 Å². The van der Waals surface area contributed by atoms with Crippen LogP contribution in [0.3, 0.4) is 0 Å². The van der Waals surface area contributed by atoms with Crippen LogP contribution in [0.25, 0.3) is 0 Å². The number of hydrogen-bond acceptors (Lipinski definition) is 5. The number of rotatable bonds is 6. The van der Waals surface area contributed by atoms with Gasteiger partial charge in [-0.25, -0.2) is 10.3 Å². The van der Waals surface area contributed by atoms with Gasteiger partial charge in [-0.15, -0.1) is 0 Å². The maximum Gasteiger partial charge on any atom is 0.408 e. The molecule has 0 aromatic carbocycles. The van der Waals surface area contributed by atoms with Crippen molar-refractivity contribution in [2.75, 3.05) is 13.7 Å². The van der Waals surface area contributed by atoms with Crippen molar-refractivity contribution in [1.82, 2.24) is 10.8 Å². The Labute approximate surface area is 140 Å². The van der Waals surface area contributed by atoms with Crippen molar-refractivity contribution in [1.29, 1.82) is 0 Å². The van der Waals surface area contributed by atoms with Gasteiger partial charge >= 0.3 is 6.09 Å². The van der Waals surface area contributed by atoms with Crippen LogP contribution in [0.1, 0.15) is 41.5 Å². The fourth-order valence-corrected chi connectivity index (χ4v) is 2.33. The summed E-state index contributed by atoms with van der Waals surface area (Å²) in [4.78, 5) is 28.6. The third-order valence-corrected chi connectivity index (χ3v) is 8.13. The predicted molar refractivity (Wildman–Crippen MR) is 91.5 cm³/mol. The Kier molecular flexibility index (Phi) is 7.72. The Hall–Kier alpha value is -1.12. The Morgan fingerprint density at radius 3 is 2.00 bits per heavy atom. The molecule has 7 nitrogen and oxygen atoms in total. The second-order valence-electron chi connectivity index (χ2n) is 7.94. The van der Waals surface area contributed by atoms with Crippen LogP contribution in [0.5, 0.6) is 0 Å². The summed E-state index contributed by atoms with van der Waals surface area (Å²) in [6.07, 6.45) is -0.674. The first-order valence-electron chi connectivity index (χ1n) is 7.66. The zero-order valence-electron chi connectivity index (χ0n) is 15.8. The molecule has 0 aromatic rings. The zero-order chi connectivity index (χ0) is 18.5. The number of hydroxylamine groups is 1. The van der Waals surface area contributed by atoms with Crippen molar-refractivity contribution in [3.8, 4) is 0 Å². The van der Waals surface area contributed by atoms with Gasteiger partial charge in [0.15, 0.2) is 8.32 Å². The minimum absolute atomic E-state index is 0.00119. The Morgan fingerprint density at radius 2 is 1.61 bits per heavy atom. The van der Waals surface area contributed by atoms with E-state index in [2.05, 4.69) is 49.5 Å². The second kappa shape index (κ2) is 8.12. The Bertz CT molecular complexity index is 413. The normalized spacial score (nSPS) is 14.1. The number of alkyl carbamates (subject to hydrolysis) is 1. The van der Waals surface area contributed by atoms with Crippen molar-refractivity contribution < 1.29 is 23.6 Å². The van der Waals surface area contributed by atoms with E-state index in [9.17, 15) is 9.59 Å². The fraction of sp³-hybridized carbons (Fsp3) is 0.867. The van der Waals surface area contributed by atoms with Crippen molar-refractivity contribution in [3.63, 3.8) is 0 Å². The smallest absolute Gasteiger partial charge is 0.408 e. The summed E-state index contributed by atoms with van der Waals surface area (Å²) in [5, 5.41) is 2.53. The summed E-state index contributed by atoms with van der Waals surface area (Å²) in [6.45, 7) is 15.8. The fourth-order valence-electron chi connectivity index (χ4n) is 1.31. The number of hydrogen-bond donors (Lipinski definition) is 2. The predicted octanol–water partition coefficient (Wildman–Crippen LogP) is 2.58. The summed E-state index contributed by atoms with van der Waals surface area (Å²) in [5.74, 6) is -0.489. The molecular formula is C15H32N2O5Si. The van der Waals surface area contributed by atoms with Gasteiger partial charge in [0, 0.05) is 0 Å². The standard InChI is InChI=1S/C15H32N2O5Si/c1-14(2,3)22-13(19)16-11(12(18)17-20-7)10-21-23(8,9)15(4,5)6/h11H,10H2,1-9H3,(H,16,19)(H,17,18)/t11-/m1/s1. The van der Waals surface area contributed by atoms with E-state index in [1.807, 2.05) is 0 Å². The lowest BCUT2D eigenvalue weighted by molar-refractivity contribution is -0.134. The lowest BCUT2D eigenvalue weighted by atomic mass is 10.2. The molecule has 23 heavy (non-hydrogen) atoms. The van der Waals surface area contributed by atoms with E-state index >= 15 is 0 Å². The number of carbonyl (C=O) groups is 2. The molecule has 0 spiro atoms. The minimum Gasteiger partial charge on any atom is -0.444 e. The highest BCUT2D eigenvalue weighted by molar-refractivity contribution is 6.74. The first-order valence-corrected chi connectivity index (χ1v) is 10.6. The third-order valence-electron chi connectivity index (χ3n) is 3.63. The molecule has 0 rings (SSSR count). The highest BCUT2D eigenvalue weighted by Gasteiger charge is 2.38. The molecule has 2 amide bonds. The van der Waals surface area contributed by atoms with Gasteiger partial charge in [-0.1, -0.05) is 20.8 Å². The summed E-state index contributed by atoms with van der Waals surface area (Å²) in [5.41, 5.74) is 1.57. The van der Waals surface area contributed by atoms with Gasteiger partial charge in [-0.05, 0) is 38.9 Å². The van der Waals surface area contributed by atoms with Crippen molar-refractivity contribution >= 4 is 20.3 Å². The first-order chi connectivity index (χ1) is 10.2. The van der Waals surface area contributed by atoms with Crippen LogP contribution < -0.4 is 10.8 Å². The topological polar surface area (TPSA) is 85.9 Å². The van der Waals surface area contributed by atoms with E-state index in [1.54, 1.807) is 20.8 Å². The number of nitrogens with one attached hydrogen (secondary N) is 2. The van der Waals surface area contributed by atoms with Gasteiger partial charge in [-0.3, -0.25) is 9.63 Å². The maximum absolute atomic E-state index is 12.0.